The van der Waals surface area contributed by atoms with Gasteiger partial charge in [-0.25, -0.2) is 9.59 Å². The highest BCUT2D eigenvalue weighted by Gasteiger charge is 1.93. The topological polar surface area (TPSA) is 118 Å². The molecule has 1 N–H and O–H groups in total. The van der Waals surface area contributed by atoms with Gasteiger partial charge in [-0.2, -0.15) is 0 Å². The van der Waals surface area contributed by atoms with Crippen LogP contribution in [0.3, 0.4) is 0 Å². The Balaban J connectivity index is -0.0000000955. The van der Waals surface area contributed by atoms with E-state index in [0.29, 0.717) is 0 Å². The molecule has 0 heterocycles. The van der Waals surface area contributed by atoms with Crippen LogP contribution in [0.2, 0.25) is 0 Å². The normalized spacial score (nSPS) is 7.43. The highest BCUT2D eigenvalue weighted by atomic mass is 16.6. The highest BCUT2D eigenvalue weighted by Crippen LogP contribution is 1.71. The third-order valence-electron chi connectivity index (χ3n) is 1.13. The summed E-state index contributed by atoms with van der Waals surface area (Å²) in [6, 6.07) is 0. The Hall–Kier alpha value is -1.71. The summed E-state index contributed by atoms with van der Waals surface area (Å²) in [5.74, 6) is -1.19. The molecule has 0 unspecified atom stereocenters. The maximum atomic E-state index is 10.1. The number of ether oxygens (including phenoxy) is 5. The molecule has 9 heteroatoms. The van der Waals surface area contributed by atoms with Crippen LogP contribution >= 0.6 is 0 Å². The quantitative estimate of drug-likeness (QED) is 0.538. The van der Waals surface area contributed by atoms with Gasteiger partial charge < -0.3 is 28.8 Å². The van der Waals surface area contributed by atoms with Crippen LogP contribution in [0.4, 0.5) is 0 Å². The number of aliphatic hydroxyl groups is 1. The van der Waals surface area contributed by atoms with Crippen LogP contribution in [0, 0.1) is 0 Å². The van der Waals surface area contributed by atoms with Crippen molar-refractivity contribution in [1.29, 1.82) is 0 Å². The highest BCUT2D eigenvalue weighted by molar-refractivity contribution is 5.70. The zero-order valence-corrected chi connectivity index (χ0v) is 13.6. The molecule has 9 nitrogen and oxygen atoms in total. The Labute approximate surface area is 125 Å². The lowest BCUT2D eigenvalue weighted by Gasteiger charge is -1.92. The minimum Gasteiger partial charge on any atom is -0.469 e. The maximum absolute atomic E-state index is 10.1. The summed E-state index contributed by atoms with van der Waals surface area (Å²) in [4.78, 5) is 29.4. The van der Waals surface area contributed by atoms with Crippen molar-refractivity contribution < 1.29 is 43.2 Å². The first kappa shape index (κ1) is 27.6. The number of methoxy groups -OCH3 is 5. The zero-order valence-electron chi connectivity index (χ0n) is 13.6. The van der Waals surface area contributed by atoms with Crippen molar-refractivity contribution in [2.75, 3.05) is 55.9 Å². The second-order valence-corrected chi connectivity index (χ2v) is 2.85. The summed E-state index contributed by atoms with van der Waals surface area (Å²) in [7, 11) is 8.58. The van der Waals surface area contributed by atoms with E-state index in [2.05, 4.69) is 23.7 Å². The molecule has 0 bridgehead atoms. The number of carbonyl (C=O) groups is 3. The van der Waals surface area contributed by atoms with Crippen molar-refractivity contribution in [3.05, 3.63) is 0 Å². The van der Waals surface area contributed by atoms with Gasteiger partial charge in [-0.05, 0) is 0 Å². The van der Waals surface area contributed by atoms with E-state index in [-0.39, 0.29) is 18.5 Å². The predicted molar refractivity (Wildman–Crippen MR) is 73.6 cm³/mol. The van der Waals surface area contributed by atoms with Crippen molar-refractivity contribution >= 4 is 17.9 Å². The van der Waals surface area contributed by atoms with Crippen molar-refractivity contribution in [2.45, 2.75) is 6.92 Å². The van der Waals surface area contributed by atoms with E-state index in [4.69, 9.17) is 5.11 Å². The minimum atomic E-state index is -0.602. The summed E-state index contributed by atoms with van der Waals surface area (Å²) in [5.41, 5.74) is 0. The molecule has 0 aromatic heterocycles. The lowest BCUT2D eigenvalue weighted by Crippen LogP contribution is -2.07. The minimum absolute atomic E-state index is 0.0382. The van der Waals surface area contributed by atoms with Gasteiger partial charge in [0.15, 0.2) is 0 Å². The van der Waals surface area contributed by atoms with Gasteiger partial charge in [0.25, 0.3) is 0 Å². The number of carbonyl (C=O) groups excluding carboxylic acids is 3. The summed E-state index contributed by atoms with van der Waals surface area (Å²) >= 11 is 0. The molecule has 0 aliphatic rings. The number of hydrogen-bond acceptors (Lipinski definition) is 9. The van der Waals surface area contributed by atoms with Crippen LogP contribution in [0.1, 0.15) is 6.92 Å². The van der Waals surface area contributed by atoms with Crippen LogP contribution in [0.15, 0.2) is 0 Å². The van der Waals surface area contributed by atoms with E-state index in [1.165, 1.54) is 35.4 Å². The van der Waals surface area contributed by atoms with Crippen LogP contribution < -0.4 is 0 Å². The molecule has 0 atom stereocenters. The second-order valence-electron chi connectivity index (χ2n) is 2.85. The van der Waals surface area contributed by atoms with Crippen molar-refractivity contribution in [1.82, 2.24) is 0 Å². The average Bonchev–Trinajstić information content (AvgIpc) is 2.48. The Kier molecular flexibility index (Phi) is 35.2. The van der Waals surface area contributed by atoms with Gasteiger partial charge in [0.1, 0.15) is 13.2 Å². The monoisotopic (exact) mass is 314 g/mol. The molecule has 0 spiro atoms. The Morgan fingerprint density at radius 2 is 1.14 bits per heavy atom. The smallest absolute Gasteiger partial charge is 0.331 e. The molecular formula is C12H26O9. The molecule has 0 rings (SSSR count). The molecule has 0 fully saturated rings. The number of hydrogen-bond donors (Lipinski definition) is 1. The SMILES string of the molecule is COC.COC(=O)CO.COC(C)=O.COCC(=O)OC. The molecule has 0 radical (unpaired) electrons. The summed E-state index contributed by atoms with van der Waals surface area (Å²) in [6.07, 6.45) is 0. The standard InChI is InChI=1S/C4H8O3.C3H6O3.C3H6O2.C2H6O/c1-6-3-4(5)7-2;1-6-3(5)2-4;1-3(4)5-2;1-3-2/h3H2,1-2H3;4H,2H2,1H3;1-2H3;1-2H3. The van der Waals surface area contributed by atoms with Gasteiger partial charge >= 0.3 is 17.9 Å². The van der Waals surface area contributed by atoms with Crippen LogP contribution in [-0.2, 0) is 38.1 Å². The Morgan fingerprint density at radius 3 is 1.19 bits per heavy atom. The number of aliphatic hydroxyl groups excluding tert-OH is 1. The molecule has 0 saturated heterocycles. The van der Waals surface area contributed by atoms with E-state index in [0.717, 1.165) is 0 Å². The van der Waals surface area contributed by atoms with E-state index >= 15 is 0 Å². The molecular weight excluding hydrogens is 288 g/mol. The molecule has 0 amide bonds. The van der Waals surface area contributed by atoms with Crippen LogP contribution in [0.5, 0.6) is 0 Å². The van der Waals surface area contributed by atoms with E-state index in [1.807, 2.05) is 0 Å². The second kappa shape index (κ2) is 26.8. The van der Waals surface area contributed by atoms with Gasteiger partial charge in [-0.3, -0.25) is 4.79 Å². The van der Waals surface area contributed by atoms with Gasteiger partial charge in [-0.15, -0.1) is 0 Å². The first-order chi connectivity index (χ1) is 9.80. The average molecular weight is 314 g/mol. The van der Waals surface area contributed by atoms with E-state index in [9.17, 15) is 14.4 Å². The first-order valence-electron chi connectivity index (χ1n) is 5.49. The van der Waals surface area contributed by atoms with Crippen molar-refractivity contribution in [3.63, 3.8) is 0 Å². The summed E-state index contributed by atoms with van der Waals surface area (Å²) in [6.45, 7) is 0.868. The van der Waals surface area contributed by atoms with Gasteiger partial charge in [0, 0.05) is 28.3 Å². The Morgan fingerprint density at radius 1 is 0.810 bits per heavy atom. The largest absolute Gasteiger partial charge is 0.469 e. The fraction of sp³-hybridized carbons (Fsp3) is 0.750. The van der Waals surface area contributed by atoms with E-state index < -0.39 is 12.6 Å². The fourth-order valence-corrected chi connectivity index (χ4v) is 0.241. The third-order valence-corrected chi connectivity index (χ3v) is 1.13. The van der Waals surface area contributed by atoms with Crippen molar-refractivity contribution in [2.24, 2.45) is 0 Å². The lowest BCUT2D eigenvalue weighted by molar-refractivity contribution is -0.145. The summed E-state index contributed by atoms with van der Waals surface area (Å²) < 4.78 is 21.0. The molecule has 0 saturated carbocycles. The summed E-state index contributed by atoms with van der Waals surface area (Å²) in [5, 5.41) is 7.86. The Bertz CT molecular complexity index is 235. The van der Waals surface area contributed by atoms with Gasteiger partial charge in [-0.1, -0.05) is 0 Å². The third kappa shape index (κ3) is 56.2. The molecule has 21 heavy (non-hydrogen) atoms. The predicted octanol–water partition coefficient (Wildman–Crippen LogP) is -0.601. The number of rotatable bonds is 3. The molecule has 0 aliphatic heterocycles. The van der Waals surface area contributed by atoms with E-state index in [1.54, 1.807) is 14.2 Å². The molecule has 0 aliphatic carbocycles. The van der Waals surface area contributed by atoms with Gasteiger partial charge in [0.2, 0.25) is 0 Å². The molecule has 128 valence electrons. The van der Waals surface area contributed by atoms with Crippen molar-refractivity contribution in [3.8, 4) is 0 Å². The first-order valence-corrected chi connectivity index (χ1v) is 5.49. The molecule has 0 aromatic carbocycles. The van der Waals surface area contributed by atoms with Gasteiger partial charge in [0.05, 0.1) is 21.3 Å². The maximum Gasteiger partial charge on any atom is 0.331 e. The number of esters is 3. The lowest BCUT2D eigenvalue weighted by atomic mass is 10.7. The molecule has 0 aromatic rings. The fourth-order valence-electron chi connectivity index (χ4n) is 0.241. The van der Waals surface area contributed by atoms with Crippen LogP contribution in [-0.4, -0.2) is 78.9 Å². The van der Waals surface area contributed by atoms with Crippen LogP contribution in [0.25, 0.3) is 0 Å². The zero-order chi connectivity index (χ0) is 17.7.